The summed E-state index contributed by atoms with van der Waals surface area (Å²) >= 11 is 0. The van der Waals surface area contributed by atoms with Crippen LogP contribution in [0.3, 0.4) is 0 Å². The lowest BCUT2D eigenvalue weighted by molar-refractivity contribution is 0.576. The van der Waals surface area contributed by atoms with Crippen LogP contribution >= 0.6 is 0 Å². The van der Waals surface area contributed by atoms with Crippen molar-refractivity contribution < 1.29 is 0 Å². The summed E-state index contributed by atoms with van der Waals surface area (Å²) in [7, 11) is 4.11. The molecular formula is C14H22N2. The smallest absolute Gasteiger partial charge is 0.0414 e. The van der Waals surface area contributed by atoms with Gasteiger partial charge in [0.15, 0.2) is 0 Å². The third-order valence-electron chi connectivity index (χ3n) is 2.88. The molecule has 0 aliphatic heterocycles. The van der Waals surface area contributed by atoms with Crippen LogP contribution in [-0.2, 0) is 0 Å². The molecule has 88 valence electrons. The van der Waals surface area contributed by atoms with Gasteiger partial charge in [-0.05, 0) is 25.1 Å². The van der Waals surface area contributed by atoms with Crippen LogP contribution in [0.5, 0.6) is 0 Å². The van der Waals surface area contributed by atoms with Gasteiger partial charge >= 0.3 is 0 Å². The van der Waals surface area contributed by atoms with Gasteiger partial charge in [0.1, 0.15) is 0 Å². The van der Waals surface area contributed by atoms with Gasteiger partial charge in [0.25, 0.3) is 0 Å². The van der Waals surface area contributed by atoms with E-state index < -0.39 is 0 Å². The van der Waals surface area contributed by atoms with Crippen molar-refractivity contribution in [3.8, 4) is 0 Å². The molecular weight excluding hydrogens is 196 g/mol. The van der Waals surface area contributed by atoms with Gasteiger partial charge in [0, 0.05) is 25.3 Å². The Bertz CT molecular complexity index is 329. The molecule has 1 rings (SSSR count). The molecule has 0 amide bonds. The summed E-state index contributed by atoms with van der Waals surface area (Å²) in [6.07, 6.45) is 3.02. The highest BCUT2D eigenvalue weighted by Crippen LogP contribution is 2.27. The number of rotatable bonds is 6. The molecule has 1 aromatic rings. The molecule has 0 fully saturated rings. The summed E-state index contributed by atoms with van der Waals surface area (Å²) in [6.45, 7) is 6.86. The van der Waals surface area contributed by atoms with Crippen LogP contribution in [0.25, 0.3) is 0 Å². The predicted octanol–water partition coefficient (Wildman–Crippen LogP) is 2.98. The van der Waals surface area contributed by atoms with Crippen LogP contribution < -0.4 is 10.2 Å². The van der Waals surface area contributed by atoms with E-state index in [0.717, 1.165) is 13.0 Å². The standard InChI is InChI=1S/C14H22N2/c1-5-11-16(4)14-10-8-7-9-12(14)13(6-2)15-3/h5,7-10,13,15H,1,6,11H2,2-4H3. The second-order valence-electron chi connectivity index (χ2n) is 3.98. The van der Waals surface area contributed by atoms with Crippen molar-refractivity contribution in [2.45, 2.75) is 19.4 Å². The Morgan fingerprint density at radius 3 is 2.69 bits per heavy atom. The molecule has 16 heavy (non-hydrogen) atoms. The van der Waals surface area contributed by atoms with Gasteiger partial charge in [-0.1, -0.05) is 31.2 Å². The maximum Gasteiger partial charge on any atom is 0.0414 e. The fourth-order valence-electron chi connectivity index (χ4n) is 2.00. The van der Waals surface area contributed by atoms with Crippen molar-refractivity contribution in [2.24, 2.45) is 0 Å². The number of nitrogens with zero attached hydrogens (tertiary/aromatic N) is 1. The third kappa shape index (κ3) is 2.86. The molecule has 0 radical (unpaired) electrons. The first-order valence-corrected chi connectivity index (χ1v) is 5.82. The van der Waals surface area contributed by atoms with E-state index in [2.05, 4.69) is 55.0 Å². The van der Waals surface area contributed by atoms with E-state index in [9.17, 15) is 0 Å². The molecule has 2 heteroatoms. The highest BCUT2D eigenvalue weighted by molar-refractivity contribution is 5.54. The summed E-state index contributed by atoms with van der Waals surface area (Å²) in [5.74, 6) is 0. The molecule has 0 heterocycles. The Kier molecular flexibility index (Phi) is 5.06. The minimum atomic E-state index is 0.420. The number of likely N-dealkylation sites (N-methyl/N-ethyl adjacent to an activating group) is 1. The predicted molar refractivity (Wildman–Crippen MR) is 72.0 cm³/mol. The van der Waals surface area contributed by atoms with Crippen molar-refractivity contribution in [1.82, 2.24) is 5.32 Å². The van der Waals surface area contributed by atoms with Crippen LogP contribution in [0.1, 0.15) is 24.9 Å². The average Bonchev–Trinajstić information content (AvgIpc) is 2.31. The van der Waals surface area contributed by atoms with Gasteiger partial charge in [-0.25, -0.2) is 0 Å². The molecule has 0 aliphatic carbocycles. The Balaban J connectivity index is 3.03. The lowest BCUT2D eigenvalue weighted by Crippen LogP contribution is -2.22. The van der Waals surface area contributed by atoms with Crippen LogP contribution in [0.2, 0.25) is 0 Å². The van der Waals surface area contributed by atoms with Crippen molar-refractivity contribution in [2.75, 3.05) is 25.5 Å². The Morgan fingerprint density at radius 1 is 1.44 bits per heavy atom. The summed E-state index contributed by atoms with van der Waals surface area (Å²) in [5.41, 5.74) is 2.64. The Hall–Kier alpha value is -1.28. The molecule has 1 aromatic carbocycles. The molecule has 0 aliphatic rings. The number of nitrogens with one attached hydrogen (secondary N) is 1. The van der Waals surface area contributed by atoms with Crippen LogP contribution in [0, 0.1) is 0 Å². The first kappa shape index (κ1) is 12.8. The van der Waals surface area contributed by atoms with E-state index in [0.29, 0.717) is 6.04 Å². The lowest BCUT2D eigenvalue weighted by atomic mass is 10.0. The first-order valence-electron chi connectivity index (χ1n) is 5.82. The van der Waals surface area contributed by atoms with E-state index in [4.69, 9.17) is 0 Å². The summed E-state index contributed by atoms with van der Waals surface area (Å²) < 4.78 is 0. The molecule has 0 aromatic heterocycles. The summed E-state index contributed by atoms with van der Waals surface area (Å²) in [5, 5.41) is 3.35. The normalized spacial score (nSPS) is 12.2. The van der Waals surface area contributed by atoms with Crippen LogP contribution in [0.4, 0.5) is 5.69 Å². The molecule has 0 spiro atoms. The van der Waals surface area contributed by atoms with Crippen molar-refractivity contribution in [3.63, 3.8) is 0 Å². The fraction of sp³-hybridized carbons (Fsp3) is 0.429. The average molecular weight is 218 g/mol. The van der Waals surface area contributed by atoms with E-state index >= 15 is 0 Å². The Labute approximate surface area is 99.0 Å². The van der Waals surface area contributed by atoms with Gasteiger partial charge in [-0.15, -0.1) is 6.58 Å². The van der Waals surface area contributed by atoms with Crippen molar-refractivity contribution in [1.29, 1.82) is 0 Å². The van der Waals surface area contributed by atoms with E-state index in [1.165, 1.54) is 11.3 Å². The topological polar surface area (TPSA) is 15.3 Å². The second kappa shape index (κ2) is 6.33. The minimum Gasteiger partial charge on any atom is -0.371 e. The van der Waals surface area contributed by atoms with Gasteiger partial charge in [-0.2, -0.15) is 0 Å². The summed E-state index contributed by atoms with van der Waals surface area (Å²) in [6, 6.07) is 8.96. The van der Waals surface area contributed by atoms with Gasteiger partial charge in [0.2, 0.25) is 0 Å². The maximum atomic E-state index is 3.78. The largest absolute Gasteiger partial charge is 0.371 e. The monoisotopic (exact) mass is 218 g/mol. The quantitative estimate of drug-likeness (QED) is 0.738. The number of para-hydroxylation sites is 1. The number of benzene rings is 1. The minimum absolute atomic E-state index is 0.420. The zero-order chi connectivity index (χ0) is 12.0. The van der Waals surface area contributed by atoms with E-state index in [1.54, 1.807) is 0 Å². The zero-order valence-corrected chi connectivity index (χ0v) is 10.5. The third-order valence-corrected chi connectivity index (χ3v) is 2.88. The molecule has 2 nitrogen and oxygen atoms in total. The lowest BCUT2D eigenvalue weighted by Gasteiger charge is -2.25. The van der Waals surface area contributed by atoms with Crippen LogP contribution in [0.15, 0.2) is 36.9 Å². The van der Waals surface area contributed by atoms with E-state index in [-0.39, 0.29) is 0 Å². The SMILES string of the molecule is C=CCN(C)c1ccccc1C(CC)NC. The summed E-state index contributed by atoms with van der Waals surface area (Å²) in [4.78, 5) is 2.22. The fourth-order valence-corrected chi connectivity index (χ4v) is 2.00. The van der Waals surface area contributed by atoms with E-state index in [1.807, 2.05) is 13.1 Å². The first-order chi connectivity index (χ1) is 7.74. The zero-order valence-electron chi connectivity index (χ0n) is 10.5. The number of anilines is 1. The number of hydrogen-bond donors (Lipinski definition) is 1. The maximum absolute atomic E-state index is 3.78. The van der Waals surface area contributed by atoms with Gasteiger partial charge in [0.05, 0.1) is 0 Å². The number of hydrogen-bond acceptors (Lipinski definition) is 2. The van der Waals surface area contributed by atoms with Crippen molar-refractivity contribution in [3.05, 3.63) is 42.5 Å². The molecule has 0 saturated heterocycles. The highest BCUT2D eigenvalue weighted by Gasteiger charge is 2.12. The molecule has 1 atom stereocenters. The van der Waals surface area contributed by atoms with Gasteiger partial charge in [-0.3, -0.25) is 0 Å². The second-order valence-corrected chi connectivity index (χ2v) is 3.98. The van der Waals surface area contributed by atoms with Crippen molar-refractivity contribution >= 4 is 5.69 Å². The van der Waals surface area contributed by atoms with Crippen LogP contribution in [-0.4, -0.2) is 20.6 Å². The Morgan fingerprint density at radius 2 is 2.12 bits per heavy atom. The molecule has 1 unspecified atom stereocenters. The molecule has 1 N–H and O–H groups in total. The molecule has 0 saturated carbocycles. The van der Waals surface area contributed by atoms with Gasteiger partial charge < -0.3 is 10.2 Å². The molecule has 0 bridgehead atoms. The highest BCUT2D eigenvalue weighted by atomic mass is 15.1.